The van der Waals surface area contributed by atoms with Crippen molar-refractivity contribution in [3.05, 3.63) is 0 Å². The molecule has 0 rings (SSSR count). The monoisotopic (exact) mass is 385 g/mol. The summed E-state index contributed by atoms with van der Waals surface area (Å²) in [6, 6.07) is 0. The van der Waals surface area contributed by atoms with Crippen LogP contribution in [0.15, 0.2) is 0 Å². The largest absolute Gasteiger partial charge is 0.460 e. The van der Waals surface area contributed by atoms with Crippen molar-refractivity contribution in [2.75, 3.05) is 0 Å². The molecule has 1 radical (unpaired) electrons. The molecular formula is C10H11F7O2Y. The molecule has 0 saturated carbocycles. The second-order valence-corrected chi connectivity index (χ2v) is 4.92. The van der Waals surface area contributed by atoms with Gasteiger partial charge in [0.2, 0.25) is 5.78 Å². The molecule has 10 heteroatoms. The Kier molecular flexibility index (Phi) is 7.09. The first-order valence-corrected chi connectivity index (χ1v) is 4.94. The number of alkyl halides is 7. The van der Waals surface area contributed by atoms with Gasteiger partial charge in [-0.25, -0.2) is 0 Å². The molecule has 0 spiro atoms. The van der Waals surface area contributed by atoms with Gasteiger partial charge in [0.25, 0.3) is 0 Å². The number of rotatable bonds is 4. The van der Waals surface area contributed by atoms with Crippen LogP contribution in [-0.2, 0) is 42.3 Å². The summed E-state index contributed by atoms with van der Waals surface area (Å²) < 4.78 is 86.1. The van der Waals surface area contributed by atoms with Crippen molar-refractivity contribution in [3.8, 4) is 0 Å². The normalized spacial score (nSPS) is 13.7. The van der Waals surface area contributed by atoms with Crippen molar-refractivity contribution in [3.63, 3.8) is 0 Å². The minimum Gasteiger partial charge on any atom is -0.299 e. The number of halogens is 7. The van der Waals surface area contributed by atoms with Gasteiger partial charge < -0.3 is 0 Å². The predicted octanol–water partition coefficient (Wildman–Crippen LogP) is 3.39. The fourth-order valence-corrected chi connectivity index (χ4v) is 0.875. The molecule has 0 saturated heterocycles. The van der Waals surface area contributed by atoms with E-state index in [-0.39, 0.29) is 32.7 Å². The molecule has 0 aliphatic rings. The summed E-state index contributed by atoms with van der Waals surface area (Å²) >= 11 is 0. The first-order valence-electron chi connectivity index (χ1n) is 4.94. The predicted molar refractivity (Wildman–Crippen MR) is 50.0 cm³/mol. The molecule has 0 atom stereocenters. The van der Waals surface area contributed by atoms with E-state index in [1.807, 2.05) is 0 Å². The molecule has 0 fully saturated rings. The Morgan fingerprint density at radius 2 is 1.15 bits per heavy atom. The van der Waals surface area contributed by atoms with Gasteiger partial charge in [0.05, 0.1) is 6.42 Å². The molecular weight excluding hydrogens is 374 g/mol. The number of Topliss-reactive ketones (excluding diaryl/α,β-unsaturated/α-hetero) is 2. The van der Waals surface area contributed by atoms with E-state index in [1.54, 1.807) is 0 Å². The standard InChI is InChI=1S/C10H11F7O2.Y/c1-7(2,3)5(18)4-6(19)8(11,12)9(13,14)10(15,16)17;/h4H2,1-3H3;. The van der Waals surface area contributed by atoms with Gasteiger partial charge in [0, 0.05) is 38.1 Å². The summed E-state index contributed by atoms with van der Waals surface area (Å²) in [4.78, 5) is 22.1. The molecule has 0 aliphatic carbocycles. The maximum Gasteiger partial charge on any atom is 0.460 e. The van der Waals surface area contributed by atoms with Gasteiger partial charge in [-0.1, -0.05) is 20.8 Å². The van der Waals surface area contributed by atoms with Crippen LogP contribution in [0.2, 0.25) is 0 Å². The number of hydrogen-bond acceptors (Lipinski definition) is 2. The summed E-state index contributed by atoms with van der Waals surface area (Å²) in [5.41, 5.74) is -1.31. The number of ketones is 2. The van der Waals surface area contributed by atoms with E-state index in [0.29, 0.717) is 0 Å². The second kappa shape index (κ2) is 6.38. The van der Waals surface area contributed by atoms with Gasteiger partial charge in [-0.15, -0.1) is 0 Å². The Morgan fingerprint density at radius 1 is 0.800 bits per heavy atom. The fourth-order valence-electron chi connectivity index (χ4n) is 0.875. The van der Waals surface area contributed by atoms with E-state index in [4.69, 9.17) is 0 Å². The maximum atomic E-state index is 12.9. The van der Waals surface area contributed by atoms with Gasteiger partial charge in [0.1, 0.15) is 5.78 Å². The quantitative estimate of drug-likeness (QED) is 0.549. The molecule has 0 heterocycles. The molecule has 0 N–H and O–H groups in total. The van der Waals surface area contributed by atoms with Gasteiger partial charge in [-0.05, 0) is 0 Å². The minimum atomic E-state index is -6.59. The zero-order chi connectivity index (χ0) is 15.9. The van der Waals surface area contributed by atoms with Crippen LogP contribution in [-0.4, -0.2) is 29.6 Å². The third-order valence-corrected chi connectivity index (χ3v) is 2.26. The average Bonchev–Trinajstić information content (AvgIpc) is 2.13. The van der Waals surface area contributed by atoms with E-state index in [9.17, 15) is 40.3 Å². The molecule has 0 aromatic heterocycles. The van der Waals surface area contributed by atoms with E-state index < -0.39 is 41.4 Å². The van der Waals surface area contributed by atoms with Crippen molar-refractivity contribution in [2.24, 2.45) is 5.41 Å². The Morgan fingerprint density at radius 3 is 1.40 bits per heavy atom. The number of hydrogen-bond donors (Lipinski definition) is 0. The van der Waals surface area contributed by atoms with Crippen LogP contribution in [0.1, 0.15) is 27.2 Å². The van der Waals surface area contributed by atoms with Crippen molar-refractivity contribution >= 4 is 11.6 Å². The average molecular weight is 385 g/mol. The SMILES string of the molecule is CC(C)(C)C(=O)CC(=O)C(F)(F)C(F)(F)C(F)(F)F.[Y]. The molecule has 0 aromatic rings. The Bertz CT molecular complexity index is 382. The van der Waals surface area contributed by atoms with Gasteiger partial charge in [0.15, 0.2) is 0 Å². The molecule has 0 bridgehead atoms. The topological polar surface area (TPSA) is 34.1 Å². The first kappa shape index (κ1) is 22.2. The van der Waals surface area contributed by atoms with Crippen LogP contribution < -0.4 is 0 Å². The van der Waals surface area contributed by atoms with Crippen molar-refractivity contribution < 1.29 is 73.0 Å². The Hall–Kier alpha value is -0.0461. The summed E-state index contributed by atoms with van der Waals surface area (Å²) in [6.45, 7) is 3.63. The molecule has 115 valence electrons. The summed E-state index contributed by atoms with van der Waals surface area (Å²) in [7, 11) is 0. The second-order valence-electron chi connectivity index (χ2n) is 4.92. The van der Waals surface area contributed by atoms with E-state index >= 15 is 0 Å². The van der Waals surface area contributed by atoms with Crippen LogP contribution in [0.5, 0.6) is 0 Å². The van der Waals surface area contributed by atoms with Gasteiger partial charge >= 0.3 is 18.0 Å². The Balaban J connectivity index is 0. The van der Waals surface area contributed by atoms with E-state index in [1.165, 1.54) is 20.8 Å². The fraction of sp³-hybridized carbons (Fsp3) is 0.800. The summed E-state index contributed by atoms with van der Waals surface area (Å²) in [6.07, 6.45) is -8.28. The maximum absolute atomic E-state index is 12.9. The van der Waals surface area contributed by atoms with Crippen LogP contribution in [0.25, 0.3) is 0 Å². The molecule has 0 amide bonds. The molecule has 0 aromatic carbocycles. The van der Waals surface area contributed by atoms with Crippen molar-refractivity contribution in [2.45, 2.75) is 45.2 Å². The van der Waals surface area contributed by atoms with Crippen molar-refractivity contribution in [1.29, 1.82) is 0 Å². The zero-order valence-electron chi connectivity index (χ0n) is 10.7. The molecule has 2 nitrogen and oxygen atoms in total. The third-order valence-electron chi connectivity index (χ3n) is 2.26. The van der Waals surface area contributed by atoms with Crippen molar-refractivity contribution in [1.82, 2.24) is 0 Å². The first-order chi connectivity index (χ1) is 8.05. The zero-order valence-corrected chi connectivity index (χ0v) is 13.6. The number of carbonyl (C=O) groups excluding carboxylic acids is 2. The van der Waals surface area contributed by atoms with Gasteiger partial charge in [-0.2, -0.15) is 30.7 Å². The molecule has 0 aliphatic heterocycles. The third kappa shape index (κ3) is 4.48. The Labute approximate surface area is 135 Å². The smallest absolute Gasteiger partial charge is 0.299 e. The van der Waals surface area contributed by atoms with E-state index in [2.05, 4.69) is 0 Å². The summed E-state index contributed by atoms with van der Waals surface area (Å²) in [5, 5.41) is 0. The van der Waals surface area contributed by atoms with E-state index in [0.717, 1.165) is 0 Å². The molecule has 0 unspecified atom stereocenters. The minimum absolute atomic E-state index is 0. The van der Waals surface area contributed by atoms with Crippen LogP contribution >= 0.6 is 0 Å². The molecule has 20 heavy (non-hydrogen) atoms. The summed E-state index contributed by atoms with van der Waals surface area (Å²) in [5.74, 6) is -16.4. The van der Waals surface area contributed by atoms with Gasteiger partial charge in [-0.3, -0.25) is 9.59 Å². The van der Waals surface area contributed by atoms with Crippen LogP contribution in [0.4, 0.5) is 30.7 Å². The van der Waals surface area contributed by atoms with Crippen LogP contribution in [0, 0.1) is 5.41 Å². The van der Waals surface area contributed by atoms with Crippen LogP contribution in [0.3, 0.4) is 0 Å². The number of carbonyl (C=O) groups is 2.